The monoisotopic (exact) mass is 507 g/mol. The molecule has 1 atom stereocenters. The van der Waals surface area contributed by atoms with Crippen LogP contribution in [-0.4, -0.2) is 78.5 Å². The van der Waals surface area contributed by atoms with Gasteiger partial charge in [-0.15, -0.1) is 0 Å². The molecule has 3 aliphatic heterocycles. The van der Waals surface area contributed by atoms with Crippen molar-refractivity contribution >= 4 is 16.8 Å². The van der Waals surface area contributed by atoms with Crippen molar-refractivity contribution < 1.29 is 23.8 Å². The third-order valence-corrected chi connectivity index (χ3v) is 8.58. The minimum Gasteiger partial charge on any atom is -0.497 e. The molecule has 2 aromatic carbocycles. The van der Waals surface area contributed by atoms with E-state index in [-0.39, 0.29) is 23.7 Å². The maximum absolute atomic E-state index is 13.8. The van der Waals surface area contributed by atoms with Crippen LogP contribution in [0.25, 0.3) is 10.9 Å². The van der Waals surface area contributed by atoms with Gasteiger partial charge in [0.05, 0.1) is 25.3 Å². The van der Waals surface area contributed by atoms with Crippen molar-refractivity contribution in [2.24, 2.45) is 13.0 Å². The van der Waals surface area contributed by atoms with Gasteiger partial charge in [0.25, 0.3) is 5.91 Å². The highest BCUT2D eigenvalue weighted by molar-refractivity contribution is 5.96. The van der Waals surface area contributed by atoms with Gasteiger partial charge >= 0.3 is 0 Å². The summed E-state index contributed by atoms with van der Waals surface area (Å²) >= 11 is 0. The van der Waals surface area contributed by atoms with Crippen LogP contribution in [0.5, 0.6) is 5.75 Å². The maximum Gasteiger partial charge on any atom is 0.254 e. The standard InChI is InChI=1S/C29H34FN3O4/c1-31-24-13-22(36-2)7-8-23(24)26-27(31)25(15-34)33(28(35)20-3-5-21(30)6-4-20)18-29(26)16-32(17-29)14-19-9-11-37-12-10-19/h3-8,13,19,25,34H,9-12,14-18H2,1-2H3/t25-/m0/s1. The Bertz CT molecular complexity index is 1310. The Morgan fingerprint density at radius 2 is 1.86 bits per heavy atom. The van der Waals surface area contributed by atoms with Crippen LogP contribution in [0, 0.1) is 11.7 Å². The second kappa shape index (κ2) is 9.42. The Balaban J connectivity index is 1.42. The first-order valence-corrected chi connectivity index (χ1v) is 13.1. The van der Waals surface area contributed by atoms with Gasteiger partial charge in [-0.25, -0.2) is 4.39 Å². The summed E-state index contributed by atoms with van der Waals surface area (Å²) in [5.41, 5.74) is 3.42. The van der Waals surface area contributed by atoms with Gasteiger partial charge in [-0.3, -0.25) is 4.79 Å². The van der Waals surface area contributed by atoms with Crippen molar-refractivity contribution in [2.75, 3.05) is 53.1 Å². The molecule has 6 rings (SSSR count). The number of methoxy groups -OCH3 is 1. The molecule has 1 aromatic heterocycles. The molecule has 196 valence electrons. The van der Waals surface area contributed by atoms with Crippen molar-refractivity contribution in [2.45, 2.75) is 24.3 Å². The Morgan fingerprint density at radius 1 is 1.14 bits per heavy atom. The summed E-state index contributed by atoms with van der Waals surface area (Å²) in [6, 6.07) is 11.3. The summed E-state index contributed by atoms with van der Waals surface area (Å²) in [6.07, 6.45) is 2.18. The van der Waals surface area contributed by atoms with Crippen LogP contribution >= 0.6 is 0 Å². The molecule has 0 radical (unpaired) electrons. The van der Waals surface area contributed by atoms with E-state index in [1.54, 1.807) is 12.0 Å². The summed E-state index contributed by atoms with van der Waals surface area (Å²) in [6.45, 7) is 4.73. The van der Waals surface area contributed by atoms with E-state index in [1.807, 2.05) is 19.2 Å². The number of aliphatic hydroxyl groups excluding tert-OH is 1. The zero-order valence-electron chi connectivity index (χ0n) is 21.5. The number of ether oxygens (including phenoxy) is 2. The van der Waals surface area contributed by atoms with E-state index in [4.69, 9.17) is 9.47 Å². The molecule has 2 fully saturated rings. The van der Waals surface area contributed by atoms with Gasteiger partial charge in [0.2, 0.25) is 0 Å². The van der Waals surface area contributed by atoms with Crippen LogP contribution in [0.15, 0.2) is 42.5 Å². The SMILES string of the molecule is COc1ccc2c3c(n(C)c2c1)[C@H](CO)N(C(=O)c1ccc(F)cc1)CC31CN(CC2CCOCC2)C1. The normalized spacial score (nSPS) is 21.7. The van der Waals surface area contributed by atoms with Crippen molar-refractivity contribution in [1.29, 1.82) is 0 Å². The molecule has 0 unspecified atom stereocenters. The molecular weight excluding hydrogens is 473 g/mol. The number of nitrogens with zero attached hydrogens (tertiary/aromatic N) is 3. The zero-order chi connectivity index (χ0) is 25.7. The second-order valence-corrected chi connectivity index (χ2v) is 10.8. The van der Waals surface area contributed by atoms with Crippen molar-refractivity contribution in [3.8, 4) is 5.75 Å². The van der Waals surface area contributed by atoms with E-state index in [9.17, 15) is 14.3 Å². The van der Waals surface area contributed by atoms with E-state index in [2.05, 4.69) is 15.5 Å². The molecule has 1 spiro atoms. The highest BCUT2D eigenvalue weighted by Crippen LogP contribution is 2.50. The minimum atomic E-state index is -0.494. The molecule has 7 nitrogen and oxygen atoms in total. The lowest BCUT2D eigenvalue weighted by atomic mass is 9.68. The van der Waals surface area contributed by atoms with E-state index < -0.39 is 6.04 Å². The molecule has 0 bridgehead atoms. The lowest BCUT2D eigenvalue weighted by Crippen LogP contribution is -2.67. The lowest BCUT2D eigenvalue weighted by molar-refractivity contribution is -0.0192. The minimum absolute atomic E-state index is 0.185. The second-order valence-electron chi connectivity index (χ2n) is 10.8. The predicted molar refractivity (Wildman–Crippen MR) is 138 cm³/mol. The summed E-state index contributed by atoms with van der Waals surface area (Å²) in [5, 5.41) is 11.8. The number of hydrogen-bond acceptors (Lipinski definition) is 5. The third kappa shape index (κ3) is 4.02. The van der Waals surface area contributed by atoms with Crippen molar-refractivity contribution in [3.05, 3.63) is 65.1 Å². The number of aromatic nitrogens is 1. The number of benzene rings is 2. The predicted octanol–water partition coefficient (Wildman–Crippen LogP) is 3.50. The molecule has 3 aromatic rings. The van der Waals surface area contributed by atoms with E-state index in [0.717, 1.165) is 68.0 Å². The van der Waals surface area contributed by atoms with Crippen LogP contribution in [0.4, 0.5) is 4.39 Å². The van der Waals surface area contributed by atoms with Gasteiger partial charge in [0.15, 0.2) is 0 Å². The number of hydrogen-bond donors (Lipinski definition) is 1. The molecule has 0 saturated carbocycles. The number of rotatable bonds is 5. The number of fused-ring (bicyclic) bond motifs is 4. The molecule has 8 heteroatoms. The van der Waals surface area contributed by atoms with Gasteiger partial charge < -0.3 is 28.9 Å². The number of carbonyl (C=O) groups is 1. The van der Waals surface area contributed by atoms with Gasteiger partial charge in [0.1, 0.15) is 11.6 Å². The fraction of sp³-hybridized carbons (Fsp3) is 0.483. The first kappa shape index (κ1) is 24.4. The highest BCUT2D eigenvalue weighted by Gasteiger charge is 2.54. The average molecular weight is 508 g/mol. The molecule has 4 heterocycles. The number of carbonyl (C=O) groups excluding carboxylic acids is 1. The Hall–Kier alpha value is -2.94. The van der Waals surface area contributed by atoms with Gasteiger partial charge in [-0.1, -0.05) is 0 Å². The molecule has 1 amide bonds. The van der Waals surface area contributed by atoms with Crippen LogP contribution in [0.2, 0.25) is 0 Å². The lowest BCUT2D eigenvalue weighted by Gasteiger charge is -2.57. The smallest absolute Gasteiger partial charge is 0.254 e. The summed E-state index contributed by atoms with van der Waals surface area (Å²) in [5.74, 6) is 0.843. The van der Waals surface area contributed by atoms with Crippen LogP contribution < -0.4 is 4.74 Å². The highest BCUT2D eigenvalue weighted by atomic mass is 19.1. The quantitative estimate of drug-likeness (QED) is 0.573. The van der Waals surface area contributed by atoms with Crippen LogP contribution in [0.3, 0.4) is 0 Å². The summed E-state index contributed by atoms with van der Waals surface area (Å²) in [7, 11) is 3.66. The number of aliphatic hydroxyl groups is 1. The zero-order valence-corrected chi connectivity index (χ0v) is 21.5. The Morgan fingerprint density at radius 3 is 2.54 bits per heavy atom. The molecule has 1 N–H and O–H groups in total. The molecule has 37 heavy (non-hydrogen) atoms. The van der Waals surface area contributed by atoms with Gasteiger partial charge in [-0.2, -0.15) is 0 Å². The van der Waals surface area contributed by atoms with Crippen molar-refractivity contribution in [3.63, 3.8) is 0 Å². The summed E-state index contributed by atoms with van der Waals surface area (Å²) in [4.78, 5) is 18.1. The number of aryl methyl sites for hydroxylation is 1. The average Bonchev–Trinajstić information content (AvgIpc) is 3.20. The van der Waals surface area contributed by atoms with E-state index >= 15 is 0 Å². The fourth-order valence-corrected chi connectivity index (χ4v) is 6.82. The van der Waals surface area contributed by atoms with Crippen LogP contribution in [-0.2, 0) is 17.2 Å². The van der Waals surface area contributed by atoms with E-state index in [1.165, 1.54) is 29.8 Å². The van der Waals surface area contributed by atoms with E-state index in [0.29, 0.717) is 18.0 Å². The topological polar surface area (TPSA) is 67.2 Å². The molecule has 2 saturated heterocycles. The Labute approximate surface area is 216 Å². The number of amides is 1. The number of halogens is 1. The largest absolute Gasteiger partial charge is 0.497 e. The first-order chi connectivity index (χ1) is 17.9. The van der Waals surface area contributed by atoms with Gasteiger partial charge in [-0.05, 0) is 60.7 Å². The molecule has 0 aliphatic carbocycles. The summed E-state index contributed by atoms with van der Waals surface area (Å²) < 4.78 is 26.8. The van der Waals surface area contributed by atoms with Crippen LogP contribution in [0.1, 0.15) is 40.5 Å². The Kier molecular flexibility index (Phi) is 6.21. The molecular formula is C29H34FN3O4. The van der Waals surface area contributed by atoms with Gasteiger partial charge in [0, 0.05) is 74.6 Å². The molecule has 3 aliphatic rings. The maximum atomic E-state index is 13.8. The number of likely N-dealkylation sites (tertiary alicyclic amines) is 1. The first-order valence-electron chi connectivity index (χ1n) is 13.1. The fourth-order valence-electron chi connectivity index (χ4n) is 6.82. The third-order valence-electron chi connectivity index (χ3n) is 8.58. The van der Waals surface area contributed by atoms with Crippen molar-refractivity contribution in [1.82, 2.24) is 14.4 Å².